The summed E-state index contributed by atoms with van der Waals surface area (Å²) in [5, 5.41) is 5.96. The molecule has 1 N–H and O–H groups in total. The largest absolute Gasteiger partial charge is 0.496 e. The average molecular weight is 344 g/mol. The van der Waals surface area contributed by atoms with Crippen molar-refractivity contribution in [1.29, 1.82) is 0 Å². The molecule has 21 heavy (non-hydrogen) atoms. The number of ether oxygens (including phenoxy) is 1. The number of methoxy groups -OCH3 is 1. The number of nitrogens with one attached hydrogen (secondary N) is 1. The lowest BCUT2D eigenvalue weighted by Gasteiger charge is -2.07. The molecule has 2 aromatic carbocycles. The summed E-state index contributed by atoms with van der Waals surface area (Å²) < 4.78 is 5.23. The zero-order valence-corrected chi connectivity index (χ0v) is 13.5. The molecule has 0 saturated heterocycles. The van der Waals surface area contributed by atoms with E-state index in [9.17, 15) is 0 Å². The molecule has 2 aromatic rings. The Morgan fingerprint density at radius 3 is 2.52 bits per heavy atom. The van der Waals surface area contributed by atoms with Gasteiger partial charge in [-0.05, 0) is 30.3 Å². The van der Waals surface area contributed by atoms with E-state index in [-0.39, 0.29) is 0 Å². The van der Waals surface area contributed by atoms with Gasteiger partial charge in [-0.15, -0.1) is 0 Å². The van der Waals surface area contributed by atoms with Gasteiger partial charge in [0.05, 0.1) is 19.9 Å². The van der Waals surface area contributed by atoms with Crippen LogP contribution in [0.3, 0.4) is 0 Å². The molecule has 6 heteroatoms. The van der Waals surface area contributed by atoms with Crippen molar-refractivity contribution in [2.24, 2.45) is 5.10 Å². The highest BCUT2D eigenvalue weighted by Crippen LogP contribution is 2.24. The third kappa shape index (κ3) is 4.27. The van der Waals surface area contributed by atoms with Crippen LogP contribution in [-0.4, -0.2) is 13.3 Å². The zero-order valence-electron chi connectivity index (χ0n) is 11.2. The SMILES string of the molecule is COc1ccc(Cl)cc1/C=N/NCc1c(Cl)cccc1Cl. The molecule has 110 valence electrons. The van der Waals surface area contributed by atoms with Crippen LogP contribution in [0.1, 0.15) is 11.1 Å². The van der Waals surface area contributed by atoms with Crippen LogP contribution in [0.15, 0.2) is 41.5 Å². The molecule has 0 aliphatic rings. The van der Waals surface area contributed by atoms with Gasteiger partial charge in [0.15, 0.2) is 0 Å². The lowest BCUT2D eigenvalue weighted by atomic mass is 10.2. The first kappa shape index (κ1) is 16.0. The maximum Gasteiger partial charge on any atom is 0.127 e. The van der Waals surface area contributed by atoms with Crippen LogP contribution in [-0.2, 0) is 6.54 Å². The summed E-state index contributed by atoms with van der Waals surface area (Å²) in [7, 11) is 1.59. The van der Waals surface area contributed by atoms with Crippen molar-refractivity contribution in [2.45, 2.75) is 6.54 Å². The minimum absolute atomic E-state index is 0.428. The Balaban J connectivity index is 2.05. The Morgan fingerprint density at radius 1 is 1.14 bits per heavy atom. The van der Waals surface area contributed by atoms with Gasteiger partial charge in [-0.25, -0.2) is 0 Å². The van der Waals surface area contributed by atoms with Crippen LogP contribution in [0.4, 0.5) is 0 Å². The molecule has 0 spiro atoms. The van der Waals surface area contributed by atoms with Gasteiger partial charge in [0.2, 0.25) is 0 Å². The van der Waals surface area contributed by atoms with Crippen LogP contribution in [0.25, 0.3) is 0 Å². The van der Waals surface area contributed by atoms with Gasteiger partial charge >= 0.3 is 0 Å². The fourth-order valence-corrected chi connectivity index (χ4v) is 2.46. The molecular formula is C15H13Cl3N2O. The fraction of sp³-hybridized carbons (Fsp3) is 0.133. The molecule has 0 radical (unpaired) electrons. The van der Waals surface area contributed by atoms with E-state index in [4.69, 9.17) is 39.5 Å². The zero-order chi connectivity index (χ0) is 15.2. The number of halogens is 3. The Labute approximate surface area is 138 Å². The lowest BCUT2D eigenvalue weighted by molar-refractivity contribution is 0.414. The van der Waals surface area contributed by atoms with Crippen LogP contribution in [0.5, 0.6) is 5.75 Å². The third-order valence-corrected chi connectivity index (χ3v) is 3.75. The molecule has 0 amide bonds. The van der Waals surface area contributed by atoms with Crippen molar-refractivity contribution < 1.29 is 4.74 Å². The molecule has 0 aliphatic heterocycles. The highest BCUT2D eigenvalue weighted by atomic mass is 35.5. The van der Waals surface area contributed by atoms with Crippen molar-refractivity contribution in [3.05, 3.63) is 62.6 Å². The molecule has 0 saturated carbocycles. The Bertz CT molecular complexity index is 639. The second-order valence-corrected chi connectivity index (χ2v) is 5.43. The summed E-state index contributed by atoms with van der Waals surface area (Å²) in [4.78, 5) is 0. The highest BCUT2D eigenvalue weighted by Gasteiger charge is 2.04. The average Bonchev–Trinajstić information content (AvgIpc) is 2.46. The predicted molar refractivity (Wildman–Crippen MR) is 88.9 cm³/mol. The lowest BCUT2D eigenvalue weighted by Crippen LogP contribution is -2.07. The number of rotatable bonds is 5. The molecule has 2 rings (SSSR count). The van der Waals surface area contributed by atoms with Gasteiger partial charge in [-0.3, -0.25) is 0 Å². The number of nitrogens with zero attached hydrogens (tertiary/aromatic N) is 1. The maximum absolute atomic E-state index is 6.08. The van der Waals surface area contributed by atoms with Crippen LogP contribution < -0.4 is 10.2 Å². The van der Waals surface area contributed by atoms with Gasteiger partial charge in [-0.1, -0.05) is 40.9 Å². The summed E-state index contributed by atoms with van der Waals surface area (Å²) in [6.45, 7) is 0.428. The fourth-order valence-electron chi connectivity index (χ4n) is 1.75. The number of benzene rings is 2. The van der Waals surface area contributed by atoms with E-state index in [0.29, 0.717) is 27.4 Å². The Hall–Kier alpha value is -1.42. The van der Waals surface area contributed by atoms with Crippen LogP contribution in [0, 0.1) is 0 Å². The monoisotopic (exact) mass is 342 g/mol. The summed E-state index contributed by atoms with van der Waals surface area (Å²) in [6.07, 6.45) is 1.63. The van der Waals surface area contributed by atoms with Crippen molar-refractivity contribution in [2.75, 3.05) is 7.11 Å². The quantitative estimate of drug-likeness (QED) is 0.626. The van der Waals surface area contributed by atoms with E-state index in [1.165, 1.54) is 0 Å². The first-order chi connectivity index (χ1) is 10.1. The normalized spacial score (nSPS) is 10.9. The number of hydrogen-bond acceptors (Lipinski definition) is 3. The summed E-state index contributed by atoms with van der Waals surface area (Å²) in [6, 6.07) is 10.7. The van der Waals surface area contributed by atoms with E-state index < -0.39 is 0 Å². The van der Waals surface area contributed by atoms with E-state index in [1.54, 1.807) is 49.7 Å². The second-order valence-electron chi connectivity index (χ2n) is 4.18. The van der Waals surface area contributed by atoms with Crippen LogP contribution in [0.2, 0.25) is 15.1 Å². The highest BCUT2D eigenvalue weighted by molar-refractivity contribution is 6.36. The molecule has 0 aliphatic carbocycles. The Kier molecular flexibility index (Phi) is 5.74. The minimum atomic E-state index is 0.428. The van der Waals surface area contributed by atoms with Gasteiger partial charge in [0.1, 0.15) is 5.75 Å². The van der Waals surface area contributed by atoms with Crippen molar-refractivity contribution in [1.82, 2.24) is 5.43 Å². The number of hydrazone groups is 1. The first-order valence-corrected chi connectivity index (χ1v) is 7.27. The summed E-state index contributed by atoms with van der Waals surface area (Å²) in [5.41, 5.74) is 4.49. The molecule has 0 unspecified atom stereocenters. The molecule has 3 nitrogen and oxygen atoms in total. The van der Waals surface area contributed by atoms with Gasteiger partial charge in [-0.2, -0.15) is 5.10 Å². The van der Waals surface area contributed by atoms with E-state index >= 15 is 0 Å². The summed E-state index contributed by atoms with van der Waals surface area (Å²) in [5.74, 6) is 0.695. The van der Waals surface area contributed by atoms with Crippen molar-refractivity contribution in [3.8, 4) is 5.75 Å². The molecule has 0 heterocycles. The van der Waals surface area contributed by atoms with Gasteiger partial charge in [0, 0.05) is 26.2 Å². The Morgan fingerprint density at radius 2 is 1.86 bits per heavy atom. The minimum Gasteiger partial charge on any atom is -0.496 e. The second kappa shape index (κ2) is 7.55. The van der Waals surface area contributed by atoms with Crippen molar-refractivity contribution in [3.63, 3.8) is 0 Å². The maximum atomic E-state index is 6.08. The summed E-state index contributed by atoms with van der Waals surface area (Å²) >= 11 is 18.1. The van der Waals surface area contributed by atoms with E-state index in [2.05, 4.69) is 10.5 Å². The topological polar surface area (TPSA) is 33.6 Å². The molecule has 0 bridgehead atoms. The first-order valence-electron chi connectivity index (χ1n) is 6.14. The van der Waals surface area contributed by atoms with Gasteiger partial charge in [0.25, 0.3) is 0 Å². The molecular weight excluding hydrogens is 331 g/mol. The molecule has 0 aromatic heterocycles. The smallest absolute Gasteiger partial charge is 0.127 e. The van der Waals surface area contributed by atoms with E-state index in [0.717, 1.165) is 11.1 Å². The van der Waals surface area contributed by atoms with Crippen molar-refractivity contribution >= 4 is 41.0 Å². The predicted octanol–water partition coefficient (Wildman–Crippen LogP) is 4.78. The standard InChI is InChI=1S/C15H13Cl3N2O/c1-21-15-6-5-11(16)7-10(15)8-19-20-9-12-13(17)3-2-4-14(12)18/h2-8,20H,9H2,1H3/b19-8+. The molecule has 0 atom stereocenters. The van der Waals surface area contributed by atoms with Crippen LogP contribution >= 0.6 is 34.8 Å². The van der Waals surface area contributed by atoms with E-state index in [1.807, 2.05) is 0 Å². The number of hydrogen-bond donors (Lipinski definition) is 1. The van der Waals surface area contributed by atoms with Gasteiger partial charge < -0.3 is 10.2 Å². The molecule has 0 fully saturated rings. The third-order valence-electron chi connectivity index (χ3n) is 2.80.